The van der Waals surface area contributed by atoms with Crippen LogP contribution in [0.1, 0.15) is 0 Å². The summed E-state index contributed by atoms with van der Waals surface area (Å²) in [5.41, 5.74) is 7.11. The Morgan fingerprint density at radius 3 is 2.69 bits per heavy atom. The average molecular weight is 214 g/mol. The number of urea groups is 1. The van der Waals surface area contributed by atoms with E-state index in [1.807, 2.05) is 30.3 Å². The fourth-order valence-electron chi connectivity index (χ4n) is 1.38. The predicted octanol–water partition coefficient (Wildman–Crippen LogP) is 1.63. The first-order chi connectivity index (χ1) is 7.77. The van der Waals surface area contributed by atoms with Gasteiger partial charge < -0.3 is 11.1 Å². The number of primary amides is 1. The third kappa shape index (κ3) is 2.14. The van der Waals surface area contributed by atoms with Gasteiger partial charge >= 0.3 is 6.03 Å². The van der Waals surface area contributed by atoms with Crippen LogP contribution in [0.3, 0.4) is 0 Å². The maximum atomic E-state index is 10.8. The van der Waals surface area contributed by atoms with Gasteiger partial charge in [0.05, 0.1) is 17.6 Å². The molecule has 1 aromatic heterocycles. The molecule has 5 nitrogen and oxygen atoms in total. The van der Waals surface area contributed by atoms with Crippen molar-refractivity contribution in [2.75, 3.05) is 5.32 Å². The molecule has 0 atom stereocenters. The topological polar surface area (TPSA) is 80.9 Å². The van der Waals surface area contributed by atoms with E-state index in [1.165, 1.54) is 12.5 Å². The van der Waals surface area contributed by atoms with E-state index in [-0.39, 0.29) is 0 Å². The van der Waals surface area contributed by atoms with Gasteiger partial charge in [0.1, 0.15) is 6.33 Å². The molecular formula is C11H10N4O. The van der Waals surface area contributed by atoms with Crippen molar-refractivity contribution in [1.82, 2.24) is 9.97 Å². The summed E-state index contributed by atoms with van der Waals surface area (Å²) in [5.74, 6) is 0. The number of aromatic nitrogens is 2. The van der Waals surface area contributed by atoms with Crippen LogP contribution in [0.25, 0.3) is 11.3 Å². The van der Waals surface area contributed by atoms with E-state index in [1.54, 1.807) is 0 Å². The number of hydrogen-bond donors (Lipinski definition) is 2. The van der Waals surface area contributed by atoms with Crippen LogP contribution < -0.4 is 11.1 Å². The molecule has 0 saturated carbocycles. The summed E-state index contributed by atoms with van der Waals surface area (Å²) >= 11 is 0. The van der Waals surface area contributed by atoms with E-state index in [9.17, 15) is 4.79 Å². The number of nitrogens with two attached hydrogens (primary N) is 1. The number of anilines is 1. The maximum absolute atomic E-state index is 10.8. The molecule has 0 aliphatic heterocycles. The number of carbonyl (C=O) groups excluding carboxylic acids is 1. The molecule has 16 heavy (non-hydrogen) atoms. The normalized spacial score (nSPS) is 9.75. The summed E-state index contributed by atoms with van der Waals surface area (Å²) < 4.78 is 0. The Balaban J connectivity index is 2.44. The van der Waals surface area contributed by atoms with Gasteiger partial charge in [-0.15, -0.1) is 0 Å². The van der Waals surface area contributed by atoms with Crippen molar-refractivity contribution in [3.63, 3.8) is 0 Å². The Morgan fingerprint density at radius 2 is 2.00 bits per heavy atom. The average Bonchev–Trinajstić information content (AvgIpc) is 2.30. The Morgan fingerprint density at radius 1 is 1.25 bits per heavy atom. The molecule has 0 radical (unpaired) electrons. The zero-order chi connectivity index (χ0) is 11.4. The first kappa shape index (κ1) is 10.1. The second kappa shape index (κ2) is 4.39. The van der Waals surface area contributed by atoms with Gasteiger partial charge in [-0.2, -0.15) is 0 Å². The van der Waals surface area contributed by atoms with Crippen molar-refractivity contribution in [3.8, 4) is 11.3 Å². The van der Waals surface area contributed by atoms with Gasteiger partial charge in [0.25, 0.3) is 0 Å². The SMILES string of the molecule is NC(=O)Nc1cncnc1-c1ccccc1. The smallest absolute Gasteiger partial charge is 0.316 e. The lowest BCUT2D eigenvalue weighted by Gasteiger charge is -2.07. The summed E-state index contributed by atoms with van der Waals surface area (Å²) in [4.78, 5) is 18.8. The van der Waals surface area contributed by atoms with Crippen LogP contribution in [0.2, 0.25) is 0 Å². The summed E-state index contributed by atoms with van der Waals surface area (Å²) in [6.07, 6.45) is 2.94. The molecule has 2 rings (SSSR count). The van der Waals surface area contributed by atoms with Gasteiger partial charge in [0, 0.05) is 5.56 Å². The van der Waals surface area contributed by atoms with E-state index in [4.69, 9.17) is 5.73 Å². The van der Waals surface area contributed by atoms with E-state index in [2.05, 4.69) is 15.3 Å². The number of nitrogens with zero attached hydrogens (tertiary/aromatic N) is 2. The lowest BCUT2D eigenvalue weighted by molar-refractivity contribution is 0.259. The van der Waals surface area contributed by atoms with Crippen molar-refractivity contribution >= 4 is 11.7 Å². The monoisotopic (exact) mass is 214 g/mol. The molecule has 1 aromatic carbocycles. The third-order valence-corrected chi connectivity index (χ3v) is 2.02. The van der Waals surface area contributed by atoms with Gasteiger partial charge in [-0.1, -0.05) is 30.3 Å². The summed E-state index contributed by atoms with van der Waals surface area (Å²) in [5, 5.41) is 2.49. The number of benzene rings is 1. The van der Waals surface area contributed by atoms with Crippen molar-refractivity contribution < 1.29 is 4.79 Å². The van der Waals surface area contributed by atoms with Gasteiger partial charge in [0.2, 0.25) is 0 Å². The molecule has 0 aliphatic carbocycles. The summed E-state index contributed by atoms with van der Waals surface area (Å²) in [6, 6.07) is 8.86. The number of hydrogen-bond acceptors (Lipinski definition) is 3. The van der Waals surface area contributed by atoms with Crippen LogP contribution in [0, 0.1) is 0 Å². The van der Waals surface area contributed by atoms with Crippen LogP contribution in [0.5, 0.6) is 0 Å². The molecule has 0 aliphatic rings. The number of carbonyl (C=O) groups is 1. The van der Waals surface area contributed by atoms with Crippen LogP contribution in [0.15, 0.2) is 42.9 Å². The molecule has 5 heteroatoms. The highest BCUT2D eigenvalue weighted by atomic mass is 16.2. The van der Waals surface area contributed by atoms with E-state index in [0.717, 1.165) is 5.56 Å². The quantitative estimate of drug-likeness (QED) is 0.797. The van der Waals surface area contributed by atoms with Gasteiger partial charge in [-0.25, -0.2) is 14.8 Å². The van der Waals surface area contributed by atoms with Crippen molar-refractivity contribution in [2.24, 2.45) is 5.73 Å². The third-order valence-electron chi connectivity index (χ3n) is 2.02. The second-order valence-electron chi connectivity index (χ2n) is 3.14. The van der Waals surface area contributed by atoms with Crippen molar-refractivity contribution in [2.45, 2.75) is 0 Å². The highest BCUT2D eigenvalue weighted by molar-refractivity contribution is 5.92. The van der Waals surface area contributed by atoms with Crippen molar-refractivity contribution in [1.29, 1.82) is 0 Å². The minimum atomic E-state index is -0.632. The Kier molecular flexibility index (Phi) is 2.77. The fraction of sp³-hybridized carbons (Fsp3) is 0. The largest absolute Gasteiger partial charge is 0.351 e. The molecule has 1 heterocycles. The van der Waals surface area contributed by atoms with Crippen LogP contribution in [-0.2, 0) is 0 Å². The molecule has 2 amide bonds. The Labute approximate surface area is 92.3 Å². The summed E-state index contributed by atoms with van der Waals surface area (Å²) in [6.45, 7) is 0. The summed E-state index contributed by atoms with van der Waals surface area (Å²) in [7, 11) is 0. The highest BCUT2D eigenvalue weighted by Crippen LogP contribution is 2.23. The van der Waals surface area contributed by atoms with Gasteiger partial charge in [0.15, 0.2) is 0 Å². The molecule has 0 unspecified atom stereocenters. The Bertz CT molecular complexity index is 498. The second-order valence-corrected chi connectivity index (χ2v) is 3.14. The zero-order valence-electron chi connectivity index (χ0n) is 8.42. The zero-order valence-corrected chi connectivity index (χ0v) is 8.42. The number of nitrogens with one attached hydrogen (secondary N) is 1. The molecule has 0 saturated heterocycles. The molecular weight excluding hydrogens is 204 g/mol. The number of rotatable bonds is 2. The van der Waals surface area contributed by atoms with Crippen molar-refractivity contribution in [3.05, 3.63) is 42.9 Å². The predicted molar refractivity (Wildman–Crippen MR) is 60.7 cm³/mol. The molecule has 2 aromatic rings. The van der Waals surface area contributed by atoms with E-state index >= 15 is 0 Å². The molecule has 0 fully saturated rings. The van der Waals surface area contributed by atoms with Crippen LogP contribution in [-0.4, -0.2) is 16.0 Å². The minimum Gasteiger partial charge on any atom is -0.351 e. The lowest BCUT2D eigenvalue weighted by atomic mass is 10.1. The number of amides is 2. The molecule has 0 spiro atoms. The van der Waals surface area contributed by atoms with E-state index < -0.39 is 6.03 Å². The molecule has 3 N–H and O–H groups in total. The van der Waals surface area contributed by atoms with Crippen LogP contribution in [0.4, 0.5) is 10.5 Å². The Hall–Kier alpha value is -2.43. The lowest BCUT2D eigenvalue weighted by Crippen LogP contribution is -2.20. The minimum absolute atomic E-state index is 0.501. The molecule has 0 bridgehead atoms. The fourth-order valence-corrected chi connectivity index (χ4v) is 1.38. The highest BCUT2D eigenvalue weighted by Gasteiger charge is 2.07. The first-order valence-electron chi connectivity index (χ1n) is 4.69. The van der Waals surface area contributed by atoms with Gasteiger partial charge in [-0.05, 0) is 0 Å². The maximum Gasteiger partial charge on any atom is 0.316 e. The molecule has 80 valence electrons. The van der Waals surface area contributed by atoms with E-state index in [0.29, 0.717) is 11.4 Å². The van der Waals surface area contributed by atoms with Gasteiger partial charge in [-0.3, -0.25) is 0 Å². The first-order valence-corrected chi connectivity index (χ1v) is 4.69. The van der Waals surface area contributed by atoms with Crippen LogP contribution >= 0.6 is 0 Å². The standard InChI is InChI=1S/C11H10N4O/c12-11(16)15-9-6-13-7-14-10(9)8-4-2-1-3-5-8/h1-7H,(H3,12,15,16).